The molecule has 11 heavy (non-hydrogen) atoms. The maximum absolute atomic E-state index is 10.9. The molecule has 0 spiro atoms. The summed E-state index contributed by atoms with van der Waals surface area (Å²) in [6, 6.07) is 6.60. The fourth-order valence-corrected chi connectivity index (χ4v) is 1.10. The zero-order chi connectivity index (χ0) is 8.27. The number of carbonyl (C=O) groups is 1. The van der Waals surface area contributed by atoms with Crippen LogP contribution in [-0.2, 0) is 3.07 Å². The molecule has 1 aromatic carbocycles. The number of hydrogen-bond acceptors (Lipinski definition) is 2. The molecule has 2 nitrogen and oxygen atoms in total. The predicted molar refractivity (Wildman–Crippen MR) is 50.9 cm³/mol. The summed E-state index contributed by atoms with van der Waals surface area (Å²) in [5.41, 5.74) is 0.465. The minimum absolute atomic E-state index is 0.381. The Hall–Kier alpha value is -0.290. The average Bonchev–Trinajstić information content (AvgIpc) is 2.03. The van der Waals surface area contributed by atoms with Gasteiger partial charge >= 0.3 is 5.97 Å². The summed E-state index contributed by atoms with van der Waals surface area (Å²) in [5.74, 6) is -0.381. The second kappa shape index (κ2) is 3.92. The summed E-state index contributed by atoms with van der Waals surface area (Å²) < 4.78 is 4.46. The van der Waals surface area contributed by atoms with Crippen molar-refractivity contribution in [1.82, 2.24) is 0 Å². The van der Waals surface area contributed by atoms with Crippen molar-refractivity contribution in [3.8, 4) is 0 Å². The van der Waals surface area contributed by atoms with Crippen LogP contribution < -0.4 is 0 Å². The third-order valence-electron chi connectivity index (χ3n) is 1.13. The third-order valence-corrected chi connectivity index (χ3v) is 1.77. The zero-order valence-electron chi connectivity index (χ0n) is 5.38. The molecule has 0 heterocycles. The van der Waals surface area contributed by atoms with Gasteiger partial charge in [0.2, 0.25) is 0 Å². The Labute approximate surface area is 83.2 Å². The van der Waals surface area contributed by atoms with Crippen molar-refractivity contribution in [2.75, 3.05) is 0 Å². The van der Waals surface area contributed by atoms with Gasteiger partial charge in [0.25, 0.3) is 0 Å². The van der Waals surface area contributed by atoms with E-state index in [-0.39, 0.29) is 5.97 Å². The quantitative estimate of drug-likeness (QED) is 0.740. The Balaban J connectivity index is 2.96. The normalized spacial score (nSPS) is 9.27. The highest BCUT2D eigenvalue weighted by Crippen LogP contribution is 2.12. The first kappa shape index (κ1) is 8.80. The highest BCUT2D eigenvalue weighted by atomic mass is 127. The van der Waals surface area contributed by atoms with Gasteiger partial charge in [-0.25, -0.2) is 4.79 Å². The molecule has 4 heteroatoms. The lowest BCUT2D eigenvalue weighted by molar-refractivity contribution is 0.0800. The van der Waals surface area contributed by atoms with Gasteiger partial charge < -0.3 is 3.07 Å². The van der Waals surface area contributed by atoms with Crippen LogP contribution in [0.4, 0.5) is 0 Å². The van der Waals surface area contributed by atoms with Crippen LogP contribution in [-0.4, -0.2) is 5.97 Å². The molecule has 0 bridgehead atoms. The SMILES string of the molecule is O=C(OI)c1cccc(Cl)c1. The van der Waals surface area contributed by atoms with Gasteiger partial charge in [0.15, 0.2) is 23.0 Å². The molecular formula is C7H4ClIO2. The van der Waals surface area contributed by atoms with E-state index in [2.05, 4.69) is 3.07 Å². The Morgan fingerprint density at radius 1 is 1.55 bits per heavy atom. The molecule has 0 aromatic heterocycles. The molecule has 0 aliphatic carbocycles. The Morgan fingerprint density at radius 3 is 2.82 bits per heavy atom. The second-order valence-corrected chi connectivity index (χ2v) is 2.75. The second-order valence-electron chi connectivity index (χ2n) is 1.87. The van der Waals surface area contributed by atoms with Crippen LogP contribution in [0.25, 0.3) is 0 Å². The van der Waals surface area contributed by atoms with Gasteiger partial charge in [-0.15, -0.1) is 0 Å². The average molecular weight is 282 g/mol. The molecule has 0 fully saturated rings. The molecule has 0 saturated carbocycles. The minimum atomic E-state index is -0.381. The summed E-state index contributed by atoms with van der Waals surface area (Å²) in [4.78, 5) is 10.9. The largest absolute Gasteiger partial charge is 0.391 e. The Bertz CT molecular complexity index is 275. The fourth-order valence-electron chi connectivity index (χ4n) is 0.660. The van der Waals surface area contributed by atoms with E-state index < -0.39 is 0 Å². The maximum atomic E-state index is 10.9. The zero-order valence-corrected chi connectivity index (χ0v) is 8.30. The molecule has 0 saturated heterocycles. The highest BCUT2D eigenvalue weighted by molar-refractivity contribution is 14.1. The van der Waals surface area contributed by atoms with Gasteiger partial charge in [-0.05, 0) is 18.2 Å². The van der Waals surface area contributed by atoms with E-state index in [4.69, 9.17) is 11.6 Å². The van der Waals surface area contributed by atoms with E-state index in [9.17, 15) is 4.79 Å². The van der Waals surface area contributed by atoms with Gasteiger partial charge in [-0.2, -0.15) is 0 Å². The molecule has 0 amide bonds. The lowest BCUT2D eigenvalue weighted by Gasteiger charge is -1.95. The van der Waals surface area contributed by atoms with Crippen LogP contribution in [0.3, 0.4) is 0 Å². The predicted octanol–water partition coefficient (Wildman–Crippen LogP) is 2.85. The van der Waals surface area contributed by atoms with E-state index in [0.717, 1.165) is 0 Å². The number of halogens is 2. The van der Waals surface area contributed by atoms with Crippen molar-refractivity contribution in [1.29, 1.82) is 0 Å². The topological polar surface area (TPSA) is 26.3 Å². The lowest BCUT2D eigenvalue weighted by Crippen LogP contribution is -1.96. The first-order valence-corrected chi connectivity index (χ1v) is 4.08. The van der Waals surface area contributed by atoms with Crippen LogP contribution in [0, 0.1) is 0 Å². The maximum Gasteiger partial charge on any atom is 0.347 e. The van der Waals surface area contributed by atoms with E-state index in [1.807, 2.05) is 0 Å². The van der Waals surface area contributed by atoms with Crippen molar-refractivity contribution >= 4 is 40.6 Å². The number of hydrogen-bond donors (Lipinski definition) is 0. The van der Waals surface area contributed by atoms with Gasteiger partial charge in [-0.1, -0.05) is 17.7 Å². The van der Waals surface area contributed by atoms with Crippen LogP contribution in [0.15, 0.2) is 24.3 Å². The van der Waals surface area contributed by atoms with Crippen LogP contribution in [0.1, 0.15) is 10.4 Å². The van der Waals surface area contributed by atoms with Crippen molar-refractivity contribution in [3.63, 3.8) is 0 Å². The van der Waals surface area contributed by atoms with Crippen LogP contribution >= 0.6 is 34.6 Å². The smallest absolute Gasteiger partial charge is 0.347 e. The molecule has 1 rings (SSSR count). The number of benzene rings is 1. The van der Waals surface area contributed by atoms with E-state index in [1.54, 1.807) is 24.3 Å². The lowest BCUT2D eigenvalue weighted by atomic mass is 10.2. The summed E-state index contributed by atoms with van der Waals surface area (Å²) in [6.07, 6.45) is 0. The highest BCUT2D eigenvalue weighted by Gasteiger charge is 2.04. The van der Waals surface area contributed by atoms with Gasteiger partial charge in [-0.3, -0.25) is 0 Å². The number of carbonyl (C=O) groups excluding carboxylic acids is 1. The summed E-state index contributed by atoms with van der Waals surface area (Å²) in [7, 11) is 0. The molecule has 0 atom stereocenters. The van der Waals surface area contributed by atoms with Gasteiger partial charge in [0, 0.05) is 5.02 Å². The van der Waals surface area contributed by atoms with E-state index >= 15 is 0 Å². The molecule has 0 radical (unpaired) electrons. The van der Waals surface area contributed by atoms with E-state index in [1.165, 1.54) is 23.0 Å². The molecule has 58 valence electrons. The monoisotopic (exact) mass is 282 g/mol. The number of rotatable bonds is 1. The summed E-state index contributed by atoms with van der Waals surface area (Å²) >= 11 is 7.17. The molecule has 0 aliphatic rings. The summed E-state index contributed by atoms with van der Waals surface area (Å²) in [6.45, 7) is 0. The summed E-state index contributed by atoms with van der Waals surface area (Å²) in [5, 5.41) is 0.532. The molecule has 1 aromatic rings. The van der Waals surface area contributed by atoms with Crippen molar-refractivity contribution < 1.29 is 7.86 Å². The first-order valence-electron chi connectivity index (χ1n) is 2.82. The van der Waals surface area contributed by atoms with E-state index in [0.29, 0.717) is 10.6 Å². The van der Waals surface area contributed by atoms with Crippen LogP contribution in [0.5, 0.6) is 0 Å². The Morgan fingerprint density at radius 2 is 2.27 bits per heavy atom. The van der Waals surface area contributed by atoms with Crippen LogP contribution in [0.2, 0.25) is 5.02 Å². The fraction of sp³-hybridized carbons (Fsp3) is 0. The van der Waals surface area contributed by atoms with Crippen molar-refractivity contribution in [2.45, 2.75) is 0 Å². The molecule has 0 unspecified atom stereocenters. The minimum Gasteiger partial charge on any atom is -0.391 e. The molecular weight excluding hydrogens is 278 g/mol. The first-order chi connectivity index (χ1) is 5.24. The van der Waals surface area contributed by atoms with Gasteiger partial charge in [0.1, 0.15) is 0 Å². The van der Waals surface area contributed by atoms with Gasteiger partial charge in [0.05, 0.1) is 5.56 Å². The molecule has 0 aliphatic heterocycles. The molecule has 0 N–H and O–H groups in total. The third kappa shape index (κ3) is 2.34. The standard InChI is InChI=1S/C7H4ClIO2/c8-6-3-1-2-5(4-6)7(10)11-9/h1-4H. The van der Waals surface area contributed by atoms with Crippen molar-refractivity contribution in [3.05, 3.63) is 34.9 Å². The Kier molecular flexibility index (Phi) is 3.14. The van der Waals surface area contributed by atoms with Crippen molar-refractivity contribution in [2.24, 2.45) is 0 Å².